The highest BCUT2D eigenvalue weighted by Gasteiger charge is 2.29. The maximum absolute atomic E-state index is 12.5. The van der Waals surface area contributed by atoms with Crippen molar-refractivity contribution < 1.29 is 23.1 Å². The summed E-state index contributed by atoms with van der Waals surface area (Å²) in [5.74, 6) is -1.79. The number of carboxylic acid groups (broad SMARTS) is 1. The van der Waals surface area contributed by atoms with Gasteiger partial charge in [-0.15, -0.1) is 0 Å². The van der Waals surface area contributed by atoms with Crippen LogP contribution in [0.25, 0.3) is 0 Å². The molecule has 1 rings (SSSR count). The summed E-state index contributed by atoms with van der Waals surface area (Å²) in [6.07, 6.45) is 0.251. The number of nitrogens with one attached hydrogen (secondary N) is 2. The maximum Gasteiger partial charge on any atom is 0.326 e. The molecule has 0 aliphatic heterocycles. The van der Waals surface area contributed by atoms with Gasteiger partial charge in [-0.05, 0) is 33.1 Å². The molecule has 9 nitrogen and oxygen atoms in total. The van der Waals surface area contributed by atoms with Crippen molar-refractivity contribution in [2.45, 2.75) is 58.0 Å². The van der Waals surface area contributed by atoms with E-state index in [9.17, 15) is 23.1 Å². The van der Waals surface area contributed by atoms with E-state index < -0.39 is 34.0 Å². The second kappa shape index (κ2) is 7.96. The number of nitrogens with zero attached hydrogens (tertiary/aromatic N) is 2. The average Bonchev–Trinajstić information content (AvgIpc) is 2.70. The summed E-state index contributed by atoms with van der Waals surface area (Å²) in [6, 6.07) is -2.20. The van der Waals surface area contributed by atoms with Gasteiger partial charge in [0.2, 0.25) is 15.9 Å². The highest BCUT2D eigenvalue weighted by molar-refractivity contribution is 7.89. The van der Waals surface area contributed by atoms with Crippen LogP contribution in [0.5, 0.6) is 0 Å². The Morgan fingerprint density at radius 3 is 2.20 bits per heavy atom. The molecule has 0 saturated carbocycles. The van der Waals surface area contributed by atoms with E-state index in [2.05, 4.69) is 15.1 Å². The molecule has 0 aliphatic carbocycles. The second-order valence-electron chi connectivity index (χ2n) is 6.50. The summed E-state index contributed by atoms with van der Waals surface area (Å²) >= 11 is 0. The molecule has 10 heteroatoms. The van der Waals surface area contributed by atoms with Gasteiger partial charge in [0.25, 0.3) is 0 Å². The molecule has 0 spiro atoms. The first-order chi connectivity index (χ1) is 11.4. The van der Waals surface area contributed by atoms with Crippen LogP contribution in [-0.2, 0) is 26.7 Å². The lowest BCUT2D eigenvalue weighted by molar-refractivity contribution is -0.142. The van der Waals surface area contributed by atoms with E-state index in [0.717, 1.165) is 0 Å². The fourth-order valence-electron chi connectivity index (χ4n) is 2.48. The van der Waals surface area contributed by atoms with Crippen molar-refractivity contribution in [3.63, 3.8) is 0 Å². The van der Waals surface area contributed by atoms with Crippen LogP contribution in [0.4, 0.5) is 0 Å². The fraction of sp³-hybridized carbons (Fsp3) is 0.667. The normalized spacial score (nSPS) is 14.4. The van der Waals surface area contributed by atoms with Crippen LogP contribution < -0.4 is 10.0 Å². The first-order valence-corrected chi connectivity index (χ1v) is 9.40. The molecule has 0 aromatic carbocycles. The highest BCUT2D eigenvalue weighted by atomic mass is 32.2. The number of hydrogen-bond acceptors (Lipinski definition) is 5. The Morgan fingerprint density at radius 2 is 1.80 bits per heavy atom. The summed E-state index contributed by atoms with van der Waals surface area (Å²) in [7, 11) is -2.34. The van der Waals surface area contributed by atoms with Crippen LogP contribution >= 0.6 is 0 Å². The third-order valence-corrected chi connectivity index (χ3v) is 5.55. The zero-order valence-corrected chi connectivity index (χ0v) is 16.1. The Morgan fingerprint density at radius 1 is 1.24 bits per heavy atom. The highest BCUT2D eigenvalue weighted by Crippen LogP contribution is 2.18. The molecule has 0 bridgehead atoms. The van der Waals surface area contributed by atoms with Crippen LogP contribution in [0.2, 0.25) is 0 Å². The number of aryl methyl sites for hydroxylation is 2. The minimum Gasteiger partial charge on any atom is -0.480 e. The van der Waals surface area contributed by atoms with Crippen molar-refractivity contribution in [3.05, 3.63) is 11.4 Å². The van der Waals surface area contributed by atoms with E-state index in [1.807, 2.05) is 13.8 Å². The van der Waals surface area contributed by atoms with E-state index >= 15 is 0 Å². The largest absolute Gasteiger partial charge is 0.480 e. The van der Waals surface area contributed by atoms with Crippen molar-refractivity contribution in [3.8, 4) is 0 Å². The minimum atomic E-state index is -3.97. The topological polar surface area (TPSA) is 130 Å². The molecule has 25 heavy (non-hydrogen) atoms. The van der Waals surface area contributed by atoms with E-state index in [-0.39, 0.29) is 17.2 Å². The molecule has 1 heterocycles. The van der Waals surface area contributed by atoms with E-state index in [1.54, 1.807) is 20.9 Å². The molecule has 2 atom stereocenters. The number of aliphatic carboxylic acids is 1. The smallest absolute Gasteiger partial charge is 0.326 e. The predicted octanol–water partition coefficient (Wildman–Crippen LogP) is 0.319. The fourth-order valence-corrected chi connectivity index (χ4v) is 4.12. The van der Waals surface area contributed by atoms with Gasteiger partial charge in [-0.25, -0.2) is 13.2 Å². The standard InChI is InChI=1S/C15H26N4O5S/c1-8(2)7-12(15(21)22)16-14(20)10(4)18-25(23,24)13-9(3)17-19(6)11(13)5/h8,10,12,18H,7H2,1-6H3,(H,16,20)(H,21,22)/t10?,12-/m0/s1. The van der Waals surface area contributed by atoms with Crippen LogP contribution in [0.15, 0.2) is 4.90 Å². The number of rotatable bonds is 8. The number of sulfonamides is 1. The number of carbonyl (C=O) groups excluding carboxylic acids is 1. The molecule has 1 aromatic rings. The predicted molar refractivity (Wildman–Crippen MR) is 91.5 cm³/mol. The van der Waals surface area contributed by atoms with Crippen molar-refractivity contribution in [1.29, 1.82) is 0 Å². The molecule has 0 aliphatic rings. The van der Waals surface area contributed by atoms with Crippen LogP contribution in [0.3, 0.4) is 0 Å². The lowest BCUT2D eigenvalue weighted by Gasteiger charge is -2.20. The Balaban J connectivity index is 2.91. The van der Waals surface area contributed by atoms with Crippen molar-refractivity contribution in [1.82, 2.24) is 19.8 Å². The molecular formula is C15H26N4O5S. The number of carbonyl (C=O) groups is 2. The van der Waals surface area contributed by atoms with Crippen LogP contribution in [0, 0.1) is 19.8 Å². The average molecular weight is 374 g/mol. The zero-order valence-electron chi connectivity index (χ0n) is 15.3. The first kappa shape index (κ1) is 21.1. The Labute approximate surface area is 147 Å². The first-order valence-electron chi connectivity index (χ1n) is 7.92. The van der Waals surface area contributed by atoms with E-state index in [1.165, 1.54) is 11.6 Å². The second-order valence-corrected chi connectivity index (χ2v) is 8.15. The number of carboxylic acids is 1. The van der Waals surface area contributed by atoms with Gasteiger partial charge in [0.1, 0.15) is 10.9 Å². The van der Waals surface area contributed by atoms with Gasteiger partial charge in [0.05, 0.1) is 17.4 Å². The Kier molecular flexibility index (Phi) is 6.72. The maximum atomic E-state index is 12.5. The number of amides is 1. The van der Waals surface area contributed by atoms with Gasteiger partial charge >= 0.3 is 5.97 Å². The molecule has 0 radical (unpaired) electrons. The Bertz CT molecular complexity index is 754. The lowest BCUT2D eigenvalue weighted by Crippen LogP contribution is -2.50. The van der Waals surface area contributed by atoms with Gasteiger partial charge in [0.15, 0.2) is 0 Å². The summed E-state index contributed by atoms with van der Waals surface area (Å²) in [4.78, 5) is 23.4. The van der Waals surface area contributed by atoms with Crippen molar-refractivity contribution >= 4 is 21.9 Å². The molecule has 1 aromatic heterocycles. The van der Waals surface area contributed by atoms with E-state index in [0.29, 0.717) is 11.4 Å². The van der Waals surface area contributed by atoms with Gasteiger partial charge < -0.3 is 10.4 Å². The summed E-state index contributed by atoms with van der Waals surface area (Å²) in [5.41, 5.74) is 0.768. The quantitative estimate of drug-likeness (QED) is 0.601. The monoisotopic (exact) mass is 374 g/mol. The van der Waals surface area contributed by atoms with Gasteiger partial charge in [-0.2, -0.15) is 9.82 Å². The van der Waals surface area contributed by atoms with Gasteiger partial charge in [-0.1, -0.05) is 13.8 Å². The van der Waals surface area contributed by atoms with Crippen LogP contribution in [-0.4, -0.2) is 47.3 Å². The van der Waals surface area contributed by atoms with Gasteiger partial charge in [-0.3, -0.25) is 9.48 Å². The molecular weight excluding hydrogens is 348 g/mol. The molecule has 1 unspecified atom stereocenters. The van der Waals surface area contributed by atoms with Crippen LogP contribution in [0.1, 0.15) is 38.6 Å². The SMILES string of the molecule is Cc1nn(C)c(C)c1S(=O)(=O)NC(C)C(=O)N[C@@H](CC(C)C)C(=O)O. The molecule has 142 valence electrons. The molecule has 0 saturated heterocycles. The molecule has 1 amide bonds. The molecule has 0 fully saturated rings. The Hall–Kier alpha value is -1.94. The summed E-state index contributed by atoms with van der Waals surface area (Å²) < 4.78 is 28.8. The lowest BCUT2D eigenvalue weighted by atomic mass is 10.0. The number of aromatic nitrogens is 2. The molecule has 3 N–H and O–H groups in total. The third-order valence-electron chi connectivity index (χ3n) is 3.76. The number of hydrogen-bond donors (Lipinski definition) is 3. The summed E-state index contributed by atoms with van der Waals surface area (Å²) in [6.45, 7) is 8.21. The third kappa shape index (κ3) is 5.27. The minimum absolute atomic E-state index is 0.0200. The van der Waals surface area contributed by atoms with Crippen molar-refractivity contribution in [2.75, 3.05) is 0 Å². The zero-order chi connectivity index (χ0) is 19.5. The van der Waals surface area contributed by atoms with Crippen molar-refractivity contribution in [2.24, 2.45) is 13.0 Å². The van der Waals surface area contributed by atoms with E-state index in [4.69, 9.17) is 0 Å². The summed E-state index contributed by atoms with van der Waals surface area (Å²) in [5, 5.41) is 15.6. The van der Waals surface area contributed by atoms with Gasteiger partial charge in [0, 0.05) is 7.05 Å².